The van der Waals surface area contributed by atoms with Gasteiger partial charge in [0, 0.05) is 0 Å². The summed E-state index contributed by atoms with van der Waals surface area (Å²) in [6.07, 6.45) is 0. The maximum Gasteiger partial charge on any atom is 0.297 e. The van der Waals surface area contributed by atoms with Gasteiger partial charge in [0.1, 0.15) is 13.2 Å². The number of hydrogen-bond acceptors (Lipinski definition) is 5. The van der Waals surface area contributed by atoms with Crippen LogP contribution in [0.25, 0.3) is 0 Å². The standard InChI is InChI=1S/C17H18O5S/c1-13-7-9-14(10-8-13)23(18,19)21-12-17(2)11-20-15-5-3-4-6-16(15)22-17/h3-10H,11-12H2,1-2H3/t17-/m0/s1. The summed E-state index contributed by atoms with van der Waals surface area (Å²) in [4.78, 5) is 0.129. The van der Waals surface area contributed by atoms with E-state index in [0.717, 1.165) is 5.56 Å². The molecule has 0 radical (unpaired) electrons. The summed E-state index contributed by atoms with van der Waals surface area (Å²) in [5.74, 6) is 1.23. The van der Waals surface area contributed by atoms with Crippen molar-refractivity contribution >= 4 is 10.1 Å². The Morgan fingerprint density at radius 2 is 1.74 bits per heavy atom. The molecule has 0 saturated heterocycles. The average Bonchev–Trinajstić information content (AvgIpc) is 2.54. The van der Waals surface area contributed by atoms with Gasteiger partial charge in [-0.2, -0.15) is 8.42 Å². The molecular formula is C17H18O5S. The lowest BCUT2D eigenvalue weighted by molar-refractivity contribution is -0.0249. The molecule has 0 aliphatic carbocycles. The van der Waals surface area contributed by atoms with Gasteiger partial charge in [-0.1, -0.05) is 29.8 Å². The van der Waals surface area contributed by atoms with E-state index in [1.165, 1.54) is 12.1 Å². The molecule has 1 aliphatic heterocycles. The second kappa shape index (κ2) is 5.86. The number of para-hydroxylation sites is 2. The Labute approximate surface area is 135 Å². The highest BCUT2D eigenvalue weighted by Crippen LogP contribution is 2.35. The van der Waals surface area contributed by atoms with Gasteiger partial charge in [-0.25, -0.2) is 0 Å². The predicted molar refractivity (Wildman–Crippen MR) is 85.3 cm³/mol. The summed E-state index contributed by atoms with van der Waals surface area (Å²) in [5, 5.41) is 0. The van der Waals surface area contributed by atoms with Crippen molar-refractivity contribution in [2.24, 2.45) is 0 Å². The topological polar surface area (TPSA) is 61.8 Å². The number of ether oxygens (including phenoxy) is 2. The van der Waals surface area contributed by atoms with E-state index in [0.29, 0.717) is 11.5 Å². The zero-order valence-electron chi connectivity index (χ0n) is 13.0. The molecule has 0 bridgehead atoms. The summed E-state index contributed by atoms with van der Waals surface area (Å²) < 4.78 is 41.2. The van der Waals surface area contributed by atoms with Gasteiger partial charge in [0.15, 0.2) is 17.1 Å². The molecule has 6 heteroatoms. The van der Waals surface area contributed by atoms with E-state index in [1.807, 2.05) is 19.1 Å². The fourth-order valence-corrected chi connectivity index (χ4v) is 3.24. The van der Waals surface area contributed by atoms with Crippen LogP contribution in [-0.4, -0.2) is 27.2 Å². The van der Waals surface area contributed by atoms with Gasteiger partial charge in [0.05, 0.1) is 4.90 Å². The first-order chi connectivity index (χ1) is 10.9. The van der Waals surface area contributed by atoms with Crippen molar-refractivity contribution in [1.29, 1.82) is 0 Å². The van der Waals surface area contributed by atoms with Gasteiger partial charge in [-0.3, -0.25) is 4.18 Å². The lowest BCUT2D eigenvalue weighted by Crippen LogP contribution is -2.46. The quantitative estimate of drug-likeness (QED) is 0.805. The van der Waals surface area contributed by atoms with Crippen LogP contribution in [0.15, 0.2) is 53.4 Å². The van der Waals surface area contributed by atoms with Gasteiger partial charge >= 0.3 is 0 Å². The van der Waals surface area contributed by atoms with Crippen LogP contribution in [0.4, 0.5) is 0 Å². The first kappa shape index (κ1) is 15.8. The molecule has 0 fully saturated rings. The largest absolute Gasteiger partial charge is 0.485 e. The lowest BCUT2D eigenvalue weighted by Gasteiger charge is -2.34. The summed E-state index contributed by atoms with van der Waals surface area (Å²) in [5.41, 5.74) is 0.114. The van der Waals surface area contributed by atoms with E-state index in [-0.39, 0.29) is 18.1 Å². The zero-order chi connectivity index (χ0) is 16.5. The molecular weight excluding hydrogens is 316 g/mol. The van der Waals surface area contributed by atoms with Gasteiger partial charge < -0.3 is 9.47 Å². The number of rotatable bonds is 4. The first-order valence-corrected chi connectivity index (χ1v) is 8.66. The predicted octanol–water partition coefficient (Wildman–Crippen LogP) is 2.93. The van der Waals surface area contributed by atoms with Crippen LogP contribution in [0.5, 0.6) is 11.5 Å². The Bertz CT molecular complexity index is 798. The second-order valence-electron chi connectivity index (χ2n) is 5.82. The minimum atomic E-state index is -3.83. The first-order valence-electron chi connectivity index (χ1n) is 7.25. The Kier molecular flexibility index (Phi) is 4.04. The zero-order valence-corrected chi connectivity index (χ0v) is 13.8. The fourth-order valence-electron chi connectivity index (χ4n) is 2.23. The molecule has 5 nitrogen and oxygen atoms in total. The van der Waals surface area contributed by atoms with E-state index < -0.39 is 15.7 Å². The van der Waals surface area contributed by atoms with E-state index in [1.54, 1.807) is 31.2 Å². The lowest BCUT2D eigenvalue weighted by atomic mass is 10.1. The Hall–Kier alpha value is -2.05. The van der Waals surface area contributed by atoms with Crippen molar-refractivity contribution < 1.29 is 22.1 Å². The van der Waals surface area contributed by atoms with Gasteiger partial charge in [0.25, 0.3) is 10.1 Å². The highest BCUT2D eigenvalue weighted by molar-refractivity contribution is 7.86. The third-order valence-corrected chi connectivity index (χ3v) is 4.85. The average molecular weight is 334 g/mol. The third kappa shape index (κ3) is 3.48. The molecule has 0 unspecified atom stereocenters. The van der Waals surface area contributed by atoms with Crippen LogP contribution in [0.3, 0.4) is 0 Å². The molecule has 3 rings (SSSR count). The van der Waals surface area contributed by atoms with Crippen molar-refractivity contribution in [3.8, 4) is 11.5 Å². The van der Waals surface area contributed by atoms with Crippen molar-refractivity contribution in [1.82, 2.24) is 0 Å². The highest BCUT2D eigenvalue weighted by atomic mass is 32.2. The van der Waals surface area contributed by atoms with Crippen LogP contribution in [0.2, 0.25) is 0 Å². The third-order valence-electron chi connectivity index (χ3n) is 3.57. The number of fused-ring (bicyclic) bond motifs is 1. The maximum absolute atomic E-state index is 12.3. The molecule has 1 aliphatic rings. The molecule has 0 saturated carbocycles. The minimum absolute atomic E-state index is 0.127. The maximum atomic E-state index is 12.3. The van der Waals surface area contributed by atoms with Crippen molar-refractivity contribution in [2.75, 3.05) is 13.2 Å². The second-order valence-corrected chi connectivity index (χ2v) is 7.43. The normalized spacial score (nSPS) is 20.3. The van der Waals surface area contributed by atoms with Crippen molar-refractivity contribution in [2.45, 2.75) is 24.3 Å². The van der Waals surface area contributed by atoms with E-state index in [2.05, 4.69) is 0 Å². The molecule has 2 aromatic carbocycles. The highest BCUT2D eigenvalue weighted by Gasteiger charge is 2.35. The minimum Gasteiger partial charge on any atom is -0.485 e. The van der Waals surface area contributed by atoms with Crippen LogP contribution in [0, 0.1) is 6.92 Å². The molecule has 1 atom stereocenters. The number of hydrogen-bond donors (Lipinski definition) is 0. The molecule has 23 heavy (non-hydrogen) atoms. The Morgan fingerprint density at radius 3 is 2.43 bits per heavy atom. The fraction of sp³-hybridized carbons (Fsp3) is 0.294. The van der Waals surface area contributed by atoms with Gasteiger partial charge in [-0.05, 0) is 38.1 Å². The van der Waals surface area contributed by atoms with Crippen LogP contribution < -0.4 is 9.47 Å². The molecule has 2 aromatic rings. The number of aryl methyl sites for hydroxylation is 1. The molecule has 0 amide bonds. The molecule has 0 aromatic heterocycles. The Balaban J connectivity index is 1.71. The summed E-state index contributed by atoms with van der Waals surface area (Å²) >= 11 is 0. The summed E-state index contributed by atoms with van der Waals surface area (Å²) in [7, 11) is -3.83. The monoisotopic (exact) mass is 334 g/mol. The van der Waals surface area contributed by atoms with Crippen LogP contribution >= 0.6 is 0 Å². The molecule has 1 heterocycles. The smallest absolute Gasteiger partial charge is 0.297 e. The molecule has 0 spiro atoms. The SMILES string of the molecule is Cc1ccc(S(=O)(=O)OC[C@]2(C)COc3ccccc3O2)cc1. The van der Waals surface area contributed by atoms with Gasteiger partial charge in [0.2, 0.25) is 0 Å². The van der Waals surface area contributed by atoms with Crippen molar-refractivity contribution in [3.05, 3.63) is 54.1 Å². The van der Waals surface area contributed by atoms with Crippen LogP contribution in [0.1, 0.15) is 12.5 Å². The van der Waals surface area contributed by atoms with E-state index >= 15 is 0 Å². The summed E-state index contributed by atoms with van der Waals surface area (Å²) in [6.45, 7) is 3.74. The summed E-state index contributed by atoms with van der Waals surface area (Å²) in [6, 6.07) is 13.8. The van der Waals surface area contributed by atoms with Crippen molar-refractivity contribution in [3.63, 3.8) is 0 Å². The molecule has 122 valence electrons. The van der Waals surface area contributed by atoms with E-state index in [4.69, 9.17) is 13.7 Å². The van der Waals surface area contributed by atoms with E-state index in [9.17, 15) is 8.42 Å². The Morgan fingerprint density at radius 1 is 1.09 bits per heavy atom. The number of benzene rings is 2. The molecule has 0 N–H and O–H groups in total. The van der Waals surface area contributed by atoms with Gasteiger partial charge in [-0.15, -0.1) is 0 Å². The van der Waals surface area contributed by atoms with Crippen LogP contribution in [-0.2, 0) is 14.3 Å².